The summed E-state index contributed by atoms with van der Waals surface area (Å²) in [5.74, 6) is 0. The van der Waals surface area contributed by atoms with Gasteiger partial charge in [0.05, 0.1) is 0 Å². The van der Waals surface area contributed by atoms with E-state index in [9.17, 15) is 0 Å². The van der Waals surface area contributed by atoms with Crippen molar-refractivity contribution in [2.24, 2.45) is 0 Å². The number of nitrogens with zero attached hydrogens (tertiary/aromatic N) is 2. The van der Waals surface area contributed by atoms with Gasteiger partial charge in [0.2, 0.25) is 0 Å². The molecule has 2 aromatic rings. The van der Waals surface area contributed by atoms with E-state index in [0.29, 0.717) is 12.1 Å². The van der Waals surface area contributed by atoms with Crippen LogP contribution in [0.4, 0.5) is 11.4 Å². The van der Waals surface area contributed by atoms with Crippen molar-refractivity contribution >= 4 is 16.9 Å². The summed E-state index contributed by atoms with van der Waals surface area (Å²) in [6.45, 7) is 0. The minimum Gasteiger partial charge on any atom is -0.314 e. The van der Waals surface area contributed by atoms with Gasteiger partial charge in [0.15, 0.2) is 0 Å². The smallest absolute Gasteiger partial charge is 0.0458 e. The molecule has 0 radical (unpaired) electrons. The predicted molar refractivity (Wildman–Crippen MR) is 190 cm³/mol. The first-order valence-corrected chi connectivity index (χ1v) is 16.9. The largest absolute Gasteiger partial charge is 0.314 e. The lowest BCUT2D eigenvalue weighted by molar-refractivity contribution is 0.259. The van der Waals surface area contributed by atoms with Crippen LogP contribution in [0.1, 0.15) is 56.9 Å². The van der Waals surface area contributed by atoms with Gasteiger partial charge in [-0.05, 0) is 133 Å². The van der Waals surface area contributed by atoms with Crippen LogP contribution in [0.2, 0.25) is 0 Å². The van der Waals surface area contributed by atoms with Crippen molar-refractivity contribution in [1.82, 2.24) is 4.90 Å². The van der Waals surface area contributed by atoms with Gasteiger partial charge in [0.1, 0.15) is 0 Å². The summed E-state index contributed by atoms with van der Waals surface area (Å²) in [7, 11) is 2.33. The number of likely N-dealkylation sites (N-methyl/N-ethyl adjacent to an activating group) is 1. The van der Waals surface area contributed by atoms with Gasteiger partial charge in [-0.3, -0.25) is 4.90 Å². The van der Waals surface area contributed by atoms with E-state index in [-0.39, 0.29) is 0 Å². The third-order valence-electron chi connectivity index (χ3n) is 10.4. The van der Waals surface area contributed by atoms with E-state index in [2.05, 4.69) is 144 Å². The standard InChI is InChI=1S/C43H42N2/c1-44-42-27-22-36(32-14-7-3-8-15-32)29-41(42)40-26-25-39(30-43(40)44)45(37-18-9-4-10-19-37)38-23-20-33(21-24-38)35-17-11-16-34(28-35)31-12-5-2-6-13-31/h2,4-5,7,9-10,12,14-15,17-26,28-29,42-43H,3,6,8,11,13,16,27,30H2,1H3. The molecule has 0 aromatic heterocycles. The molecule has 8 rings (SSSR count). The number of rotatable bonds is 6. The molecule has 1 aliphatic heterocycles. The van der Waals surface area contributed by atoms with Gasteiger partial charge in [-0.1, -0.05) is 91.1 Å². The van der Waals surface area contributed by atoms with Gasteiger partial charge >= 0.3 is 0 Å². The molecule has 0 N–H and O–H groups in total. The number of fused-ring (bicyclic) bond motifs is 3. The maximum absolute atomic E-state index is 2.62. The highest BCUT2D eigenvalue weighted by Crippen LogP contribution is 2.46. The molecule has 2 atom stereocenters. The highest BCUT2D eigenvalue weighted by atomic mass is 15.2. The van der Waals surface area contributed by atoms with E-state index in [4.69, 9.17) is 0 Å². The first-order valence-electron chi connectivity index (χ1n) is 16.9. The summed E-state index contributed by atoms with van der Waals surface area (Å²) < 4.78 is 0. The molecule has 45 heavy (non-hydrogen) atoms. The van der Waals surface area contributed by atoms with Crippen LogP contribution in [0, 0.1) is 0 Å². The highest BCUT2D eigenvalue weighted by Gasteiger charge is 2.41. The van der Waals surface area contributed by atoms with Gasteiger partial charge in [0, 0.05) is 35.6 Å². The van der Waals surface area contributed by atoms with Crippen molar-refractivity contribution in [2.75, 3.05) is 11.9 Å². The maximum atomic E-state index is 2.62. The molecule has 1 heterocycles. The fourth-order valence-corrected chi connectivity index (χ4v) is 7.97. The summed E-state index contributed by atoms with van der Waals surface area (Å²) in [6, 6.07) is 21.0. The van der Waals surface area contributed by atoms with Gasteiger partial charge in [-0.15, -0.1) is 0 Å². The predicted octanol–water partition coefficient (Wildman–Crippen LogP) is 10.6. The van der Waals surface area contributed by atoms with Crippen LogP contribution in [0.3, 0.4) is 0 Å². The number of hydrogen-bond donors (Lipinski definition) is 0. The topological polar surface area (TPSA) is 6.48 Å². The summed E-state index contributed by atoms with van der Waals surface area (Å²) in [5, 5.41) is 0. The van der Waals surface area contributed by atoms with Crippen LogP contribution in [-0.2, 0) is 0 Å². The fourth-order valence-electron chi connectivity index (χ4n) is 7.97. The van der Waals surface area contributed by atoms with Crippen molar-refractivity contribution in [3.8, 4) is 0 Å². The van der Waals surface area contributed by atoms with Crippen molar-refractivity contribution < 1.29 is 0 Å². The monoisotopic (exact) mass is 586 g/mol. The minimum absolute atomic E-state index is 0.384. The number of allylic oxidation sites excluding steroid dienone is 16. The first kappa shape index (κ1) is 28.1. The zero-order chi connectivity index (χ0) is 30.2. The second kappa shape index (κ2) is 12.2. The summed E-state index contributed by atoms with van der Waals surface area (Å²) in [5.41, 5.74) is 15.2. The lowest BCUT2D eigenvalue weighted by Crippen LogP contribution is -2.35. The molecule has 2 aromatic carbocycles. The Morgan fingerprint density at radius 3 is 2.27 bits per heavy atom. The van der Waals surface area contributed by atoms with E-state index >= 15 is 0 Å². The third-order valence-corrected chi connectivity index (χ3v) is 10.4. The molecule has 6 aliphatic rings. The molecule has 1 saturated heterocycles. The Hall–Kier alpha value is -4.40. The lowest BCUT2D eigenvalue weighted by atomic mass is 9.85. The number of para-hydroxylation sites is 1. The van der Waals surface area contributed by atoms with E-state index in [1.54, 1.807) is 0 Å². The molecule has 1 fully saturated rings. The average molecular weight is 587 g/mol. The Kier molecular flexibility index (Phi) is 7.61. The average Bonchev–Trinajstić information content (AvgIpc) is 3.40. The zero-order valence-electron chi connectivity index (χ0n) is 26.3. The molecular weight excluding hydrogens is 544 g/mol. The van der Waals surface area contributed by atoms with Crippen molar-refractivity contribution in [2.45, 2.75) is 63.5 Å². The molecule has 0 saturated carbocycles. The lowest BCUT2D eigenvalue weighted by Gasteiger charge is -2.34. The van der Waals surface area contributed by atoms with Crippen molar-refractivity contribution in [3.05, 3.63) is 172 Å². The SMILES string of the molecule is CN1C2CC=C(C3=CCCC=C3)C=C2C2=CC=C(N(c3ccccc3)c3ccc(C4=CCCC(C5=CC=CCC5)=C4)cc3)CC21. The molecule has 5 aliphatic carbocycles. The molecule has 0 spiro atoms. The van der Waals surface area contributed by atoms with Crippen LogP contribution < -0.4 is 4.90 Å². The minimum atomic E-state index is 0.384. The van der Waals surface area contributed by atoms with E-state index in [0.717, 1.165) is 51.4 Å². The van der Waals surface area contributed by atoms with Crippen LogP contribution in [-0.4, -0.2) is 24.0 Å². The first-order chi connectivity index (χ1) is 22.2. The Morgan fingerprint density at radius 1 is 0.644 bits per heavy atom. The molecule has 2 heteroatoms. The summed E-state index contributed by atoms with van der Waals surface area (Å²) >= 11 is 0. The van der Waals surface area contributed by atoms with Crippen molar-refractivity contribution in [1.29, 1.82) is 0 Å². The Morgan fingerprint density at radius 2 is 1.47 bits per heavy atom. The molecule has 0 amide bonds. The quantitative estimate of drug-likeness (QED) is 0.332. The molecule has 2 nitrogen and oxygen atoms in total. The summed E-state index contributed by atoms with van der Waals surface area (Å²) in [6.07, 6.45) is 37.4. The summed E-state index contributed by atoms with van der Waals surface area (Å²) in [4.78, 5) is 5.09. The number of anilines is 2. The van der Waals surface area contributed by atoms with Crippen LogP contribution in [0.5, 0.6) is 0 Å². The van der Waals surface area contributed by atoms with Gasteiger partial charge in [-0.25, -0.2) is 0 Å². The molecule has 224 valence electrons. The molecule has 0 bridgehead atoms. The number of benzene rings is 2. The van der Waals surface area contributed by atoms with E-state index < -0.39 is 0 Å². The molecule has 2 unspecified atom stereocenters. The highest BCUT2D eigenvalue weighted by molar-refractivity contribution is 5.79. The van der Waals surface area contributed by atoms with Crippen molar-refractivity contribution in [3.63, 3.8) is 0 Å². The molecular formula is C43H42N2. The fraction of sp³-hybridized carbons (Fsp3) is 0.256. The Labute approximate surface area is 268 Å². The van der Waals surface area contributed by atoms with E-state index in [1.807, 2.05) is 0 Å². The maximum Gasteiger partial charge on any atom is 0.0458 e. The zero-order valence-corrected chi connectivity index (χ0v) is 26.3. The second-order valence-corrected chi connectivity index (χ2v) is 13.1. The van der Waals surface area contributed by atoms with Gasteiger partial charge < -0.3 is 4.90 Å². The number of hydrogen-bond acceptors (Lipinski definition) is 2. The Balaban J connectivity index is 1.10. The van der Waals surface area contributed by atoms with Crippen LogP contribution in [0.25, 0.3) is 5.57 Å². The third kappa shape index (κ3) is 5.42. The van der Waals surface area contributed by atoms with Crippen LogP contribution >= 0.6 is 0 Å². The normalized spacial score (nSPS) is 24.2. The van der Waals surface area contributed by atoms with Crippen LogP contribution in [0.15, 0.2) is 167 Å². The number of likely N-dealkylation sites (tertiary alicyclic amines) is 1. The second-order valence-electron chi connectivity index (χ2n) is 13.1. The van der Waals surface area contributed by atoms with Gasteiger partial charge in [0.25, 0.3) is 0 Å². The Bertz CT molecular complexity index is 1800. The van der Waals surface area contributed by atoms with Gasteiger partial charge in [-0.2, -0.15) is 0 Å². The van der Waals surface area contributed by atoms with E-state index in [1.165, 1.54) is 61.6 Å².